The van der Waals surface area contributed by atoms with Gasteiger partial charge in [-0.15, -0.1) is 0 Å². The maximum Gasteiger partial charge on any atom is 0.348 e. The molecule has 2 aliphatic carbocycles. The number of rotatable bonds is 19. The van der Waals surface area contributed by atoms with E-state index in [4.69, 9.17) is 28.8 Å². The van der Waals surface area contributed by atoms with Gasteiger partial charge in [-0.05, 0) is 110 Å². The van der Waals surface area contributed by atoms with Crippen molar-refractivity contribution in [3.63, 3.8) is 0 Å². The standard InChI is InChI=1S/C31H41NO7.C31H39NO6/c33-19-10-2-1-9-18-28(35)32-29(25-15-7-4-8-16-25)31(37)39-27(21-24-14-11-17-26(34)20-24)30(36)38-22-23-12-5-3-6-13-23;33-28-18-9-1-2-10-19-36-26-17-11-14-24(20-26)21-27(30(34)37-22-23-12-5-3-6-13-23)38-31(35)29(32-28)25-15-7-4-8-16-25/h3,5-6,11-14,17,20,25,27,29,33-34H,1-2,4,7-10,15-16,18-19,21-22H2,(H,32,35);3,5-6,11-14,17,20,25,27,29H,1-2,4,7-10,15-16,18-19,21-22H2,(H,32,33). The SMILES string of the molecule is O=C(CCCCCCO)NC(C(=O)OC(Cc1cccc(O)c1)C(=O)OCc1ccccc1)C1CCCCC1.O=C1CCCCCCOc2cccc(c2)CC(C(=O)OCc2ccccc2)OC(=O)C(C2CCCCC2)N1. The number of aromatic hydroxyl groups is 1. The summed E-state index contributed by atoms with van der Waals surface area (Å²) >= 11 is 0. The Hall–Kier alpha value is -6.74. The minimum Gasteiger partial charge on any atom is -0.508 e. The number of aliphatic hydroxyl groups excluding tert-OH is 1. The number of aliphatic hydroxyl groups is 1. The number of amides is 2. The van der Waals surface area contributed by atoms with Crippen molar-refractivity contribution in [3.8, 4) is 11.5 Å². The molecule has 1 heterocycles. The van der Waals surface area contributed by atoms with E-state index in [9.17, 15) is 33.9 Å². The molecule has 4 unspecified atom stereocenters. The van der Waals surface area contributed by atoms with Crippen molar-refractivity contribution in [2.45, 2.75) is 179 Å². The number of ether oxygens (including phenoxy) is 5. The molecule has 1 aliphatic heterocycles. The van der Waals surface area contributed by atoms with Crippen LogP contribution in [0.2, 0.25) is 0 Å². The molecule has 2 fully saturated rings. The third-order valence-corrected chi connectivity index (χ3v) is 14.4. The first-order valence-electron chi connectivity index (χ1n) is 28.1. The monoisotopic (exact) mass is 1060 g/mol. The minimum absolute atomic E-state index is 0.000000652. The average molecular weight is 1060 g/mol. The van der Waals surface area contributed by atoms with E-state index in [0.717, 1.165) is 119 Å². The molecule has 4 aromatic carbocycles. The summed E-state index contributed by atoms with van der Waals surface area (Å²) in [5, 5.41) is 24.7. The van der Waals surface area contributed by atoms with E-state index >= 15 is 0 Å². The molecule has 416 valence electrons. The zero-order valence-corrected chi connectivity index (χ0v) is 44.6. The Morgan fingerprint density at radius 2 is 1.30 bits per heavy atom. The summed E-state index contributed by atoms with van der Waals surface area (Å²) in [6.07, 6.45) is 14.5. The predicted octanol–water partition coefficient (Wildman–Crippen LogP) is 9.89. The molecular weight excluding hydrogens is 981 g/mol. The van der Waals surface area contributed by atoms with Crippen LogP contribution in [0.5, 0.6) is 11.5 Å². The van der Waals surface area contributed by atoms with Gasteiger partial charge in [0.25, 0.3) is 0 Å². The van der Waals surface area contributed by atoms with Crippen molar-refractivity contribution in [1.82, 2.24) is 10.6 Å². The molecule has 0 radical (unpaired) electrons. The van der Waals surface area contributed by atoms with E-state index in [1.54, 1.807) is 12.1 Å². The molecule has 2 saturated carbocycles. The first kappa shape index (κ1) is 59.5. The van der Waals surface area contributed by atoms with Crippen LogP contribution in [0.4, 0.5) is 0 Å². The van der Waals surface area contributed by atoms with Crippen LogP contribution in [0.25, 0.3) is 0 Å². The van der Waals surface area contributed by atoms with E-state index in [0.29, 0.717) is 37.2 Å². The summed E-state index contributed by atoms with van der Waals surface area (Å²) in [5.41, 5.74) is 3.07. The van der Waals surface area contributed by atoms with E-state index in [1.165, 1.54) is 12.1 Å². The fourth-order valence-corrected chi connectivity index (χ4v) is 10.1. The van der Waals surface area contributed by atoms with Crippen LogP contribution in [0.15, 0.2) is 109 Å². The van der Waals surface area contributed by atoms with Crippen LogP contribution >= 0.6 is 0 Å². The summed E-state index contributed by atoms with van der Waals surface area (Å²) < 4.78 is 28.6. The molecule has 77 heavy (non-hydrogen) atoms. The van der Waals surface area contributed by atoms with Gasteiger partial charge in [-0.2, -0.15) is 0 Å². The molecular formula is C62H80N2O13. The second kappa shape index (κ2) is 33.4. The maximum atomic E-state index is 13.6. The number of nitrogens with one attached hydrogen (secondary N) is 2. The first-order chi connectivity index (χ1) is 37.5. The van der Waals surface area contributed by atoms with Crippen molar-refractivity contribution in [2.75, 3.05) is 13.2 Å². The number of hydrogen-bond donors (Lipinski definition) is 4. The predicted molar refractivity (Wildman–Crippen MR) is 290 cm³/mol. The van der Waals surface area contributed by atoms with E-state index < -0.39 is 48.2 Å². The zero-order valence-electron chi connectivity index (χ0n) is 44.6. The number of carbonyl (C=O) groups excluding carboxylic acids is 6. The number of hydrogen-bond acceptors (Lipinski definition) is 13. The van der Waals surface area contributed by atoms with Crippen LogP contribution in [-0.2, 0) is 73.8 Å². The molecule has 15 heteroatoms. The van der Waals surface area contributed by atoms with Crippen LogP contribution in [0.1, 0.15) is 151 Å². The summed E-state index contributed by atoms with van der Waals surface area (Å²) in [6.45, 7) is 0.836. The second-order valence-electron chi connectivity index (χ2n) is 20.6. The Morgan fingerprint density at radius 3 is 2.00 bits per heavy atom. The van der Waals surface area contributed by atoms with Crippen molar-refractivity contribution in [3.05, 3.63) is 131 Å². The number of esters is 4. The minimum atomic E-state index is -1.23. The van der Waals surface area contributed by atoms with Crippen molar-refractivity contribution < 1.29 is 62.7 Å². The van der Waals surface area contributed by atoms with Gasteiger partial charge < -0.3 is 44.5 Å². The normalized spacial score (nSPS) is 18.7. The van der Waals surface area contributed by atoms with Gasteiger partial charge in [0, 0.05) is 32.3 Å². The second-order valence-corrected chi connectivity index (χ2v) is 20.6. The number of phenols is 1. The van der Waals surface area contributed by atoms with Gasteiger partial charge >= 0.3 is 23.9 Å². The molecule has 0 spiro atoms. The van der Waals surface area contributed by atoms with Crippen LogP contribution < -0.4 is 15.4 Å². The lowest BCUT2D eigenvalue weighted by Gasteiger charge is -2.30. The summed E-state index contributed by atoms with van der Waals surface area (Å²) in [5.74, 6) is -2.18. The number of unbranched alkanes of at least 4 members (excludes halogenated alkanes) is 3. The Kier molecular flexibility index (Phi) is 25.8. The molecule has 2 bridgehead atoms. The Labute approximate surface area is 454 Å². The Morgan fingerprint density at radius 1 is 0.662 bits per heavy atom. The highest BCUT2D eigenvalue weighted by Gasteiger charge is 2.37. The lowest BCUT2D eigenvalue weighted by Crippen LogP contribution is -2.49. The molecule has 4 atom stereocenters. The van der Waals surface area contributed by atoms with Gasteiger partial charge in [-0.25, -0.2) is 19.2 Å². The van der Waals surface area contributed by atoms with Crippen molar-refractivity contribution in [1.29, 1.82) is 0 Å². The number of benzene rings is 4. The summed E-state index contributed by atoms with van der Waals surface area (Å²) in [6, 6.07) is 31.0. The van der Waals surface area contributed by atoms with Gasteiger partial charge in [0.05, 0.1) is 6.61 Å². The molecule has 3 aliphatic rings. The smallest absolute Gasteiger partial charge is 0.348 e. The highest BCUT2D eigenvalue weighted by atomic mass is 16.6. The average Bonchev–Trinajstić information content (AvgIpc) is 3.45. The fourth-order valence-electron chi connectivity index (χ4n) is 10.1. The molecule has 2 amide bonds. The molecule has 15 nitrogen and oxygen atoms in total. The van der Waals surface area contributed by atoms with E-state index in [1.807, 2.05) is 84.9 Å². The summed E-state index contributed by atoms with van der Waals surface area (Å²) in [4.78, 5) is 79.0. The third kappa shape index (κ3) is 21.7. The number of fused-ring (bicyclic) bond motifs is 2. The zero-order chi connectivity index (χ0) is 54.5. The van der Waals surface area contributed by atoms with Gasteiger partial charge in [-0.1, -0.05) is 149 Å². The maximum absolute atomic E-state index is 13.6. The Bertz CT molecular complexity index is 2420. The van der Waals surface area contributed by atoms with E-state index in [2.05, 4.69) is 10.6 Å². The summed E-state index contributed by atoms with van der Waals surface area (Å²) in [7, 11) is 0. The quantitative estimate of drug-likeness (QED) is 0.0392. The fraction of sp³-hybridized carbons (Fsp3) is 0.516. The number of phenolic OH excluding ortho intramolecular Hbond substituents is 1. The van der Waals surface area contributed by atoms with Crippen LogP contribution in [0.3, 0.4) is 0 Å². The third-order valence-electron chi connectivity index (χ3n) is 14.4. The first-order valence-corrected chi connectivity index (χ1v) is 28.1. The number of cyclic esters (lactones) is 1. The largest absolute Gasteiger partial charge is 0.508 e. The van der Waals surface area contributed by atoms with Gasteiger partial charge in [0.15, 0.2) is 0 Å². The molecule has 4 aromatic rings. The van der Waals surface area contributed by atoms with Crippen LogP contribution in [-0.4, -0.2) is 83.4 Å². The van der Waals surface area contributed by atoms with Crippen molar-refractivity contribution >= 4 is 35.7 Å². The van der Waals surface area contributed by atoms with Gasteiger partial charge in [-0.3, -0.25) is 9.59 Å². The molecule has 0 aromatic heterocycles. The lowest BCUT2D eigenvalue weighted by atomic mass is 9.83. The van der Waals surface area contributed by atoms with Crippen LogP contribution in [0, 0.1) is 11.8 Å². The van der Waals surface area contributed by atoms with Crippen molar-refractivity contribution in [2.24, 2.45) is 11.8 Å². The van der Waals surface area contributed by atoms with E-state index in [-0.39, 0.29) is 68.5 Å². The molecule has 0 saturated heterocycles. The lowest BCUT2D eigenvalue weighted by molar-refractivity contribution is -0.171. The molecule has 7 rings (SSSR count). The number of carbonyl (C=O) groups is 6. The topological polar surface area (TPSA) is 213 Å². The van der Waals surface area contributed by atoms with Gasteiger partial charge in [0.2, 0.25) is 24.0 Å². The highest BCUT2D eigenvalue weighted by molar-refractivity contribution is 5.88. The molecule has 4 N–H and O–H groups in total. The highest BCUT2D eigenvalue weighted by Crippen LogP contribution is 2.30. The van der Waals surface area contributed by atoms with Gasteiger partial charge in [0.1, 0.15) is 36.8 Å². The Balaban J connectivity index is 0.000000250.